The summed E-state index contributed by atoms with van der Waals surface area (Å²) in [4.78, 5) is 11.8. The number of methoxy groups -OCH3 is 2. The lowest BCUT2D eigenvalue weighted by Gasteiger charge is -2.11. The summed E-state index contributed by atoms with van der Waals surface area (Å²) >= 11 is 1.39. The van der Waals surface area contributed by atoms with Gasteiger partial charge in [0.1, 0.15) is 0 Å². The Morgan fingerprint density at radius 2 is 1.94 bits per heavy atom. The summed E-state index contributed by atoms with van der Waals surface area (Å²) in [5, 5.41) is -0.266. The summed E-state index contributed by atoms with van der Waals surface area (Å²) in [7, 11) is 3.15. The molecule has 1 amide bonds. The highest BCUT2D eigenvalue weighted by molar-refractivity contribution is 8.00. The van der Waals surface area contributed by atoms with E-state index < -0.39 is 0 Å². The van der Waals surface area contributed by atoms with Gasteiger partial charge in [-0.05, 0) is 25.1 Å². The second-order valence-electron chi connectivity index (χ2n) is 3.18. The maximum Gasteiger partial charge on any atom is 0.230 e. The van der Waals surface area contributed by atoms with Gasteiger partial charge in [-0.3, -0.25) is 4.79 Å². The van der Waals surface area contributed by atoms with Gasteiger partial charge in [-0.2, -0.15) is 0 Å². The molecule has 1 rings (SSSR count). The van der Waals surface area contributed by atoms with Crippen LogP contribution in [0.15, 0.2) is 23.1 Å². The molecule has 5 heteroatoms. The first kappa shape index (κ1) is 12.7. The van der Waals surface area contributed by atoms with Crippen molar-refractivity contribution in [3.63, 3.8) is 0 Å². The summed E-state index contributed by atoms with van der Waals surface area (Å²) < 4.78 is 10.3. The smallest absolute Gasteiger partial charge is 0.230 e. The van der Waals surface area contributed by atoms with E-state index in [1.165, 1.54) is 11.8 Å². The molecule has 4 nitrogen and oxygen atoms in total. The molecular formula is C11H15NO3S. The second kappa shape index (κ2) is 5.65. The second-order valence-corrected chi connectivity index (χ2v) is 4.59. The van der Waals surface area contributed by atoms with E-state index in [1.807, 2.05) is 12.1 Å². The van der Waals surface area contributed by atoms with Gasteiger partial charge >= 0.3 is 0 Å². The van der Waals surface area contributed by atoms with Gasteiger partial charge in [0, 0.05) is 4.90 Å². The Kier molecular flexibility index (Phi) is 4.49. The average Bonchev–Trinajstić information content (AvgIpc) is 2.28. The van der Waals surface area contributed by atoms with Crippen molar-refractivity contribution in [2.45, 2.75) is 17.1 Å². The Morgan fingerprint density at radius 3 is 2.44 bits per heavy atom. The number of hydrogen-bond donors (Lipinski definition) is 1. The fourth-order valence-corrected chi connectivity index (χ4v) is 2.00. The number of amides is 1. The van der Waals surface area contributed by atoms with E-state index in [9.17, 15) is 4.79 Å². The SMILES string of the molecule is COc1ccc(SC(C)C(N)=O)cc1OC. The van der Waals surface area contributed by atoms with Crippen molar-refractivity contribution in [3.8, 4) is 11.5 Å². The van der Waals surface area contributed by atoms with Crippen LogP contribution in [0.1, 0.15) is 6.92 Å². The Hall–Kier alpha value is -1.36. The highest BCUT2D eigenvalue weighted by Gasteiger charge is 2.12. The molecule has 0 spiro atoms. The molecule has 0 fully saturated rings. The van der Waals surface area contributed by atoms with Gasteiger partial charge in [0.15, 0.2) is 11.5 Å². The van der Waals surface area contributed by atoms with Crippen LogP contribution in [0.2, 0.25) is 0 Å². The molecule has 0 saturated heterocycles. The van der Waals surface area contributed by atoms with E-state index in [0.29, 0.717) is 11.5 Å². The van der Waals surface area contributed by atoms with E-state index in [1.54, 1.807) is 27.2 Å². The monoisotopic (exact) mass is 241 g/mol. The number of rotatable bonds is 5. The summed E-state index contributed by atoms with van der Waals surface area (Å²) in [5.41, 5.74) is 5.19. The zero-order valence-electron chi connectivity index (χ0n) is 9.52. The van der Waals surface area contributed by atoms with Crippen molar-refractivity contribution in [2.24, 2.45) is 5.73 Å². The summed E-state index contributed by atoms with van der Waals surface area (Å²) in [5.74, 6) is 0.975. The van der Waals surface area contributed by atoms with Crippen molar-refractivity contribution >= 4 is 17.7 Å². The van der Waals surface area contributed by atoms with Crippen molar-refractivity contribution in [1.82, 2.24) is 0 Å². The predicted molar refractivity (Wildman–Crippen MR) is 64.1 cm³/mol. The minimum Gasteiger partial charge on any atom is -0.493 e. The number of nitrogens with two attached hydrogens (primary N) is 1. The molecule has 1 aromatic rings. The van der Waals surface area contributed by atoms with E-state index in [4.69, 9.17) is 15.2 Å². The van der Waals surface area contributed by atoms with Crippen LogP contribution in [0, 0.1) is 0 Å². The molecule has 0 bridgehead atoms. The Morgan fingerprint density at radius 1 is 1.31 bits per heavy atom. The van der Waals surface area contributed by atoms with Crippen LogP contribution in [-0.2, 0) is 4.79 Å². The van der Waals surface area contributed by atoms with Crippen molar-refractivity contribution < 1.29 is 14.3 Å². The van der Waals surface area contributed by atoms with Gasteiger partial charge in [-0.25, -0.2) is 0 Å². The van der Waals surface area contributed by atoms with E-state index in [0.717, 1.165) is 4.90 Å². The largest absolute Gasteiger partial charge is 0.493 e. The highest BCUT2D eigenvalue weighted by atomic mass is 32.2. The molecule has 1 unspecified atom stereocenters. The third-order valence-electron chi connectivity index (χ3n) is 2.07. The van der Waals surface area contributed by atoms with Crippen molar-refractivity contribution in [1.29, 1.82) is 0 Å². The number of ether oxygens (including phenoxy) is 2. The van der Waals surface area contributed by atoms with Gasteiger partial charge in [0.25, 0.3) is 0 Å². The maximum atomic E-state index is 10.9. The minimum absolute atomic E-state index is 0.266. The summed E-state index contributed by atoms with van der Waals surface area (Å²) in [6.45, 7) is 1.77. The van der Waals surface area contributed by atoms with Crippen LogP contribution in [0.4, 0.5) is 0 Å². The van der Waals surface area contributed by atoms with Crippen LogP contribution in [0.5, 0.6) is 11.5 Å². The molecule has 2 N–H and O–H groups in total. The van der Waals surface area contributed by atoms with Gasteiger partial charge < -0.3 is 15.2 Å². The Balaban J connectivity index is 2.86. The summed E-state index contributed by atoms with van der Waals surface area (Å²) in [6.07, 6.45) is 0. The molecule has 0 aromatic heterocycles. The Bertz CT molecular complexity index is 381. The predicted octanol–water partition coefficient (Wildman–Crippen LogP) is 1.67. The third-order valence-corrected chi connectivity index (χ3v) is 3.18. The van der Waals surface area contributed by atoms with Crippen LogP contribution in [-0.4, -0.2) is 25.4 Å². The molecular weight excluding hydrogens is 226 g/mol. The third kappa shape index (κ3) is 3.06. The molecule has 0 radical (unpaired) electrons. The van der Waals surface area contributed by atoms with Crippen LogP contribution in [0.3, 0.4) is 0 Å². The lowest BCUT2D eigenvalue weighted by Crippen LogP contribution is -2.22. The lowest BCUT2D eigenvalue weighted by molar-refractivity contribution is -0.117. The van der Waals surface area contributed by atoms with Gasteiger partial charge in [0.2, 0.25) is 5.91 Å². The van der Waals surface area contributed by atoms with E-state index >= 15 is 0 Å². The minimum atomic E-state index is -0.334. The van der Waals surface area contributed by atoms with Gasteiger partial charge in [0.05, 0.1) is 19.5 Å². The molecule has 0 aliphatic carbocycles. The molecule has 16 heavy (non-hydrogen) atoms. The maximum absolute atomic E-state index is 10.9. The zero-order valence-corrected chi connectivity index (χ0v) is 10.3. The number of primary amides is 1. The number of thioether (sulfide) groups is 1. The van der Waals surface area contributed by atoms with Crippen LogP contribution < -0.4 is 15.2 Å². The zero-order chi connectivity index (χ0) is 12.1. The van der Waals surface area contributed by atoms with Crippen LogP contribution in [0.25, 0.3) is 0 Å². The first-order valence-corrected chi connectivity index (χ1v) is 5.64. The molecule has 0 aliphatic rings. The quantitative estimate of drug-likeness (QED) is 0.796. The number of benzene rings is 1. The highest BCUT2D eigenvalue weighted by Crippen LogP contribution is 2.33. The van der Waals surface area contributed by atoms with E-state index in [-0.39, 0.29) is 11.2 Å². The van der Waals surface area contributed by atoms with E-state index in [2.05, 4.69) is 0 Å². The normalized spacial score (nSPS) is 11.9. The van der Waals surface area contributed by atoms with Crippen molar-refractivity contribution in [2.75, 3.05) is 14.2 Å². The fraction of sp³-hybridized carbons (Fsp3) is 0.364. The number of carbonyl (C=O) groups excluding carboxylic acids is 1. The molecule has 1 atom stereocenters. The number of hydrogen-bond acceptors (Lipinski definition) is 4. The molecule has 0 saturated carbocycles. The summed E-state index contributed by atoms with van der Waals surface area (Å²) in [6, 6.07) is 5.49. The first-order chi connectivity index (χ1) is 7.58. The molecule has 88 valence electrons. The van der Waals surface area contributed by atoms with Gasteiger partial charge in [-0.1, -0.05) is 0 Å². The topological polar surface area (TPSA) is 61.5 Å². The number of carbonyl (C=O) groups is 1. The lowest BCUT2D eigenvalue weighted by atomic mass is 10.3. The fourth-order valence-electron chi connectivity index (χ4n) is 1.15. The van der Waals surface area contributed by atoms with Gasteiger partial charge in [-0.15, -0.1) is 11.8 Å². The standard InChI is InChI=1S/C11H15NO3S/c1-7(11(12)13)16-8-4-5-9(14-2)10(6-8)15-3/h4-7H,1-3H3,(H2,12,13). The Labute approximate surface area is 99.1 Å². The van der Waals surface area contributed by atoms with Crippen LogP contribution >= 0.6 is 11.8 Å². The molecule has 0 heterocycles. The molecule has 1 aromatic carbocycles. The average molecular weight is 241 g/mol. The van der Waals surface area contributed by atoms with Crippen molar-refractivity contribution in [3.05, 3.63) is 18.2 Å². The first-order valence-electron chi connectivity index (χ1n) is 4.76. The molecule has 0 aliphatic heterocycles.